The second-order valence-electron chi connectivity index (χ2n) is 4.48. The van der Waals surface area contributed by atoms with Crippen LogP contribution in [0, 0.1) is 0 Å². The third kappa shape index (κ3) is 2.93. The lowest BCUT2D eigenvalue weighted by molar-refractivity contribution is -0.119. The van der Waals surface area contributed by atoms with Crippen LogP contribution in [0.3, 0.4) is 0 Å². The van der Waals surface area contributed by atoms with Crippen molar-refractivity contribution < 1.29 is 4.79 Å². The van der Waals surface area contributed by atoms with E-state index in [1.54, 1.807) is 13.0 Å². The van der Waals surface area contributed by atoms with Crippen molar-refractivity contribution >= 4 is 11.6 Å². The van der Waals surface area contributed by atoms with Crippen molar-refractivity contribution in [1.82, 2.24) is 9.78 Å². The predicted molar refractivity (Wildman–Crippen MR) is 77.7 cm³/mol. The predicted octanol–water partition coefficient (Wildman–Crippen LogP) is 2.01. The number of amides is 1. The van der Waals surface area contributed by atoms with Crippen molar-refractivity contribution in [2.75, 3.05) is 5.32 Å². The highest BCUT2D eigenvalue weighted by Crippen LogP contribution is 2.16. The van der Waals surface area contributed by atoms with Gasteiger partial charge in [-0.2, -0.15) is 5.10 Å². The topological polar surface area (TPSA) is 64.0 Å². The Kier molecular flexibility index (Phi) is 4.30. The second kappa shape index (κ2) is 6.14. The van der Waals surface area contributed by atoms with Crippen LogP contribution < -0.4 is 10.9 Å². The van der Waals surface area contributed by atoms with Crippen molar-refractivity contribution in [2.45, 2.75) is 26.3 Å². The standard InChI is InChI=1S/C15H17N3O2/c1-3-12-7-4-5-8-13(12)17-15(20)11(2)18-14(19)9-6-10-16-18/h4-11H,3H2,1-2H3,(H,17,20). The molecule has 2 aromatic rings. The largest absolute Gasteiger partial charge is 0.324 e. The van der Waals surface area contributed by atoms with Gasteiger partial charge in [0, 0.05) is 18.0 Å². The van der Waals surface area contributed by atoms with Gasteiger partial charge in [0.15, 0.2) is 0 Å². The number of hydrogen-bond donors (Lipinski definition) is 1. The summed E-state index contributed by atoms with van der Waals surface area (Å²) in [6, 6.07) is 9.89. The van der Waals surface area contributed by atoms with Crippen LogP contribution in [0.15, 0.2) is 47.4 Å². The highest BCUT2D eigenvalue weighted by molar-refractivity contribution is 5.94. The summed E-state index contributed by atoms with van der Waals surface area (Å²) in [5.41, 5.74) is 1.54. The Morgan fingerprint density at radius 1 is 1.30 bits per heavy atom. The number of benzene rings is 1. The molecular weight excluding hydrogens is 254 g/mol. The number of anilines is 1. The third-order valence-corrected chi connectivity index (χ3v) is 3.14. The van der Waals surface area contributed by atoms with E-state index in [1.165, 1.54) is 16.9 Å². The first-order valence-corrected chi connectivity index (χ1v) is 6.56. The SMILES string of the molecule is CCc1ccccc1NC(=O)C(C)n1ncccc1=O. The molecule has 0 radical (unpaired) electrons. The number of aromatic nitrogens is 2. The summed E-state index contributed by atoms with van der Waals surface area (Å²) >= 11 is 0. The lowest BCUT2D eigenvalue weighted by Crippen LogP contribution is -2.32. The van der Waals surface area contributed by atoms with Gasteiger partial charge in [-0.05, 0) is 31.0 Å². The fourth-order valence-corrected chi connectivity index (χ4v) is 1.96. The lowest BCUT2D eigenvalue weighted by atomic mass is 10.1. The Balaban J connectivity index is 2.20. The molecule has 5 heteroatoms. The number of aryl methyl sites for hydroxylation is 1. The van der Waals surface area contributed by atoms with Gasteiger partial charge in [0.2, 0.25) is 5.91 Å². The quantitative estimate of drug-likeness (QED) is 0.925. The number of rotatable bonds is 4. The monoisotopic (exact) mass is 271 g/mol. The number of hydrogen-bond acceptors (Lipinski definition) is 3. The van der Waals surface area contributed by atoms with E-state index in [0.717, 1.165) is 17.7 Å². The molecular formula is C15H17N3O2. The maximum Gasteiger partial charge on any atom is 0.267 e. The van der Waals surface area contributed by atoms with Crippen LogP contribution in [-0.2, 0) is 11.2 Å². The first-order chi connectivity index (χ1) is 9.63. The van der Waals surface area contributed by atoms with Gasteiger partial charge in [-0.25, -0.2) is 4.68 Å². The molecule has 0 saturated carbocycles. The van der Waals surface area contributed by atoms with Crippen LogP contribution in [0.4, 0.5) is 5.69 Å². The first kappa shape index (κ1) is 14.0. The van der Waals surface area contributed by atoms with E-state index in [4.69, 9.17) is 0 Å². The van der Waals surface area contributed by atoms with Crippen molar-refractivity contribution in [3.8, 4) is 0 Å². The van der Waals surface area contributed by atoms with Crippen LogP contribution >= 0.6 is 0 Å². The molecule has 1 aromatic carbocycles. The van der Waals surface area contributed by atoms with Crippen molar-refractivity contribution in [1.29, 1.82) is 0 Å². The number of nitrogens with zero attached hydrogens (tertiary/aromatic N) is 2. The third-order valence-electron chi connectivity index (χ3n) is 3.14. The summed E-state index contributed by atoms with van der Waals surface area (Å²) in [5, 5.41) is 6.78. The molecule has 5 nitrogen and oxygen atoms in total. The van der Waals surface area contributed by atoms with E-state index < -0.39 is 6.04 Å². The van der Waals surface area contributed by atoms with Crippen LogP contribution in [0.25, 0.3) is 0 Å². The Bertz CT molecular complexity index is 664. The molecule has 1 unspecified atom stereocenters. The average Bonchev–Trinajstić information content (AvgIpc) is 2.47. The Morgan fingerprint density at radius 3 is 2.75 bits per heavy atom. The molecule has 2 rings (SSSR count). The van der Waals surface area contributed by atoms with E-state index >= 15 is 0 Å². The fraction of sp³-hybridized carbons (Fsp3) is 0.267. The Hall–Kier alpha value is -2.43. The summed E-state index contributed by atoms with van der Waals surface area (Å²) in [4.78, 5) is 23.9. The van der Waals surface area contributed by atoms with E-state index in [-0.39, 0.29) is 11.5 Å². The summed E-state index contributed by atoms with van der Waals surface area (Å²) in [6.45, 7) is 3.68. The van der Waals surface area contributed by atoms with Gasteiger partial charge in [-0.15, -0.1) is 0 Å². The molecule has 20 heavy (non-hydrogen) atoms. The Morgan fingerprint density at radius 2 is 2.05 bits per heavy atom. The van der Waals surface area contributed by atoms with Crippen LogP contribution in [0.1, 0.15) is 25.5 Å². The average molecular weight is 271 g/mol. The normalized spacial score (nSPS) is 11.9. The first-order valence-electron chi connectivity index (χ1n) is 6.56. The number of nitrogens with one attached hydrogen (secondary N) is 1. The van der Waals surface area contributed by atoms with Gasteiger partial charge in [-0.3, -0.25) is 9.59 Å². The van der Waals surface area contributed by atoms with Gasteiger partial charge < -0.3 is 5.32 Å². The molecule has 0 fully saturated rings. The smallest absolute Gasteiger partial charge is 0.267 e. The molecule has 1 heterocycles. The highest BCUT2D eigenvalue weighted by Gasteiger charge is 2.17. The van der Waals surface area contributed by atoms with E-state index in [0.29, 0.717) is 0 Å². The molecule has 0 bridgehead atoms. The lowest BCUT2D eigenvalue weighted by Gasteiger charge is -2.15. The van der Waals surface area contributed by atoms with Crippen molar-refractivity contribution in [2.24, 2.45) is 0 Å². The van der Waals surface area contributed by atoms with Crippen LogP contribution in [-0.4, -0.2) is 15.7 Å². The van der Waals surface area contributed by atoms with Crippen LogP contribution in [0.5, 0.6) is 0 Å². The number of carbonyl (C=O) groups is 1. The molecule has 0 spiro atoms. The summed E-state index contributed by atoms with van der Waals surface area (Å²) in [7, 11) is 0. The van der Waals surface area contributed by atoms with Gasteiger partial charge in [0.25, 0.3) is 5.56 Å². The minimum atomic E-state index is -0.659. The summed E-state index contributed by atoms with van der Waals surface area (Å²) in [5.74, 6) is -0.258. The summed E-state index contributed by atoms with van der Waals surface area (Å²) in [6.07, 6.45) is 2.32. The molecule has 1 aromatic heterocycles. The van der Waals surface area contributed by atoms with Gasteiger partial charge in [0.1, 0.15) is 6.04 Å². The second-order valence-corrected chi connectivity index (χ2v) is 4.48. The number of para-hydroxylation sites is 1. The molecule has 0 aliphatic carbocycles. The molecule has 1 atom stereocenters. The minimum Gasteiger partial charge on any atom is -0.324 e. The van der Waals surface area contributed by atoms with Crippen molar-refractivity contribution in [3.63, 3.8) is 0 Å². The minimum absolute atomic E-state index is 0.258. The van der Waals surface area contributed by atoms with E-state index in [1.807, 2.05) is 31.2 Å². The fourth-order valence-electron chi connectivity index (χ4n) is 1.96. The van der Waals surface area contributed by atoms with E-state index in [9.17, 15) is 9.59 Å². The zero-order chi connectivity index (χ0) is 14.5. The molecule has 0 aliphatic rings. The molecule has 1 N–H and O–H groups in total. The summed E-state index contributed by atoms with van der Waals surface area (Å²) < 4.78 is 1.17. The maximum atomic E-state index is 12.2. The van der Waals surface area contributed by atoms with Gasteiger partial charge in [-0.1, -0.05) is 25.1 Å². The van der Waals surface area contributed by atoms with E-state index in [2.05, 4.69) is 10.4 Å². The zero-order valence-electron chi connectivity index (χ0n) is 11.5. The van der Waals surface area contributed by atoms with Gasteiger partial charge >= 0.3 is 0 Å². The van der Waals surface area contributed by atoms with Gasteiger partial charge in [0.05, 0.1) is 0 Å². The molecule has 1 amide bonds. The highest BCUT2D eigenvalue weighted by atomic mass is 16.2. The zero-order valence-corrected chi connectivity index (χ0v) is 11.5. The van der Waals surface area contributed by atoms with Crippen molar-refractivity contribution in [3.05, 3.63) is 58.5 Å². The molecule has 0 aliphatic heterocycles. The number of carbonyl (C=O) groups excluding carboxylic acids is 1. The molecule has 0 saturated heterocycles. The molecule has 104 valence electrons. The van der Waals surface area contributed by atoms with Crippen LogP contribution in [0.2, 0.25) is 0 Å². The Labute approximate surface area is 117 Å². The maximum absolute atomic E-state index is 12.2.